The van der Waals surface area contributed by atoms with E-state index in [1.54, 1.807) is 24.7 Å². The van der Waals surface area contributed by atoms with Crippen LogP contribution in [0.15, 0.2) is 54.6 Å². The SMILES string of the molecule is COc1ccccc1/C=C/C(=O)NC[C@H]1CCCC[C@H]1CN1CCN(c2nsc3ccccc23)CC1. The summed E-state index contributed by atoms with van der Waals surface area (Å²) in [5, 5.41) is 4.45. The van der Waals surface area contributed by atoms with Gasteiger partial charge in [-0.15, -0.1) is 0 Å². The lowest BCUT2D eigenvalue weighted by Crippen LogP contribution is -2.49. The first-order valence-corrected chi connectivity index (χ1v) is 13.9. The zero-order chi connectivity index (χ0) is 24.7. The van der Waals surface area contributed by atoms with Crippen molar-refractivity contribution in [3.63, 3.8) is 0 Å². The molecule has 6 nitrogen and oxygen atoms in total. The number of para-hydroxylation sites is 1. The van der Waals surface area contributed by atoms with Crippen molar-refractivity contribution in [3.05, 3.63) is 60.2 Å². The quantitative estimate of drug-likeness (QED) is 0.435. The van der Waals surface area contributed by atoms with Gasteiger partial charge in [0.1, 0.15) is 11.6 Å². The van der Waals surface area contributed by atoms with Gasteiger partial charge < -0.3 is 15.0 Å². The van der Waals surface area contributed by atoms with Crippen molar-refractivity contribution in [2.45, 2.75) is 25.7 Å². The monoisotopic (exact) mass is 504 g/mol. The smallest absolute Gasteiger partial charge is 0.244 e. The Hall–Kier alpha value is -2.90. The molecule has 7 heteroatoms. The Morgan fingerprint density at radius 3 is 2.64 bits per heavy atom. The van der Waals surface area contributed by atoms with Gasteiger partial charge >= 0.3 is 0 Å². The van der Waals surface area contributed by atoms with E-state index in [2.05, 4.69) is 39.4 Å². The van der Waals surface area contributed by atoms with Gasteiger partial charge in [-0.05, 0) is 60.5 Å². The van der Waals surface area contributed by atoms with Gasteiger partial charge in [0.2, 0.25) is 5.91 Å². The zero-order valence-corrected chi connectivity index (χ0v) is 21.9. The van der Waals surface area contributed by atoms with Gasteiger partial charge in [0, 0.05) is 56.3 Å². The van der Waals surface area contributed by atoms with Gasteiger partial charge in [-0.25, -0.2) is 0 Å². The van der Waals surface area contributed by atoms with Crippen LogP contribution in [0.1, 0.15) is 31.2 Å². The fourth-order valence-corrected chi connectivity index (χ4v) is 6.42. The molecule has 5 rings (SSSR count). The van der Waals surface area contributed by atoms with E-state index in [4.69, 9.17) is 9.11 Å². The van der Waals surface area contributed by atoms with E-state index in [0.717, 1.165) is 56.4 Å². The first-order valence-electron chi connectivity index (χ1n) is 13.1. The predicted molar refractivity (Wildman–Crippen MR) is 149 cm³/mol. The van der Waals surface area contributed by atoms with Crippen molar-refractivity contribution < 1.29 is 9.53 Å². The minimum absolute atomic E-state index is 0.0330. The topological polar surface area (TPSA) is 57.7 Å². The first kappa shape index (κ1) is 24.8. The Morgan fingerprint density at radius 1 is 1.06 bits per heavy atom. The Balaban J connectivity index is 1.11. The van der Waals surface area contributed by atoms with Gasteiger partial charge in [0.05, 0.1) is 11.8 Å². The summed E-state index contributed by atoms with van der Waals surface area (Å²) in [7, 11) is 1.65. The number of nitrogens with one attached hydrogen (secondary N) is 1. The number of fused-ring (bicyclic) bond motifs is 1. The van der Waals surface area contributed by atoms with Crippen LogP contribution in [-0.4, -0.2) is 61.6 Å². The second-order valence-corrected chi connectivity index (χ2v) is 10.7. The maximum Gasteiger partial charge on any atom is 0.244 e. The molecule has 3 aromatic rings. The van der Waals surface area contributed by atoms with Crippen LogP contribution in [-0.2, 0) is 4.79 Å². The normalized spacial score (nSPS) is 21.2. The van der Waals surface area contributed by atoms with Crippen molar-refractivity contribution >= 4 is 39.4 Å². The van der Waals surface area contributed by atoms with Crippen LogP contribution in [0, 0.1) is 11.8 Å². The second-order valence-electron chi connectivity index (χ2n) is 9.92. The highest BCUT2D eigenvalue weighted by molar-refractivity contribution is 7.13. The number of methoxy groups -OCH3 is 1. The maximum absolute atomic E-state index is 12.5. The fourth-order valence-electron chi connectivity index (χ4n) is 5.63. The fraction of sp³-hybridized carbons (Fsp3) is 0.448. The molecule has 190 valence electrons. The van der Waals surface area contributed by atoms with Crippen molar-refractivity contribution in [2.75, 3.05) is 51.3 Å². The molecule has 1 aromatic heterocycles. The summed E-state index contributed by atoms with van der Waals surface area (Å²) in [6.07, 6.45) is 8.47. The number of hydrogen-bond acceptors (Lipinski definition) is 6. The van der Waals surface area contributed by atoms with E-state index < -0.39 is 0 Å². The third-order valence-electron chi connectivity index (χ3n) is 7.68. The number of nitrogens with zero attached hydrogens (tertiary/aromatic N) is 3. The predicted octanol–water partition coefficient (Wildman–Crippen LogP) is 5.06. The molecule has 2 aliphatic rings. The molecule has 0 spiro atoms. The summed E-state index contributed by atoms with van der Waals surface area (Å²) in [6.45, 7) is 6.07. The number of benzene rings is 2. The molecular formula is C29H36N4O2S. The van der Waals surface area contributed by atoms with Crippen molar-refractivity contribution in [3.8, 4) is 5.75 Å². The summed E-state index contributed by atoms with van der Waals surface area (Å²) >= 11 is 1.60. The number of carbonyl (C=O) groups excluding carboxylic acids is 1. The molecule has 36 heavy (non-hydrogen) atoms. The molecule has 2 fully saturated rings. The zero-order valence-electron chi connectivity index (χ0n) is 21.1. The van der Waals surface area contributed by atoms with E-state index >= 15 is 0 Å². The third kappa shape index (κ3) is 5.90. The molecule has 1 saturated carbocycles. The number of ether oxygens (including phenoxy) is 1. The number of rotatable bonds is 8. The molecule has 1 amide bonds. The Morgan fingerprint density at radius 2 is 1.81 bits per heavy atom. The summed E-state index contributed by atoms with van der Waals surface area (Å²) in [4.78, 5) is 17.6. The molecule has 1 N–H and O–H groups in total. The second kappa shape index (κ2) is 11.9. The van der Waals surface area contributed by atoms with Gasteiger partial charge in [-0.3, -0.25) is 9.69 Å². The molecule has 0 radical (unpaired) electrons. The van der Waals surface area contributed by atoms with E-state index in [1.165, 1.54) is 35.8 Å². The van der Waals surface area contributed by atoms with E-state index in [0.29, 0.717) is 11.8 Å². The lowest BCUT2D eigenvalue weighted by molar-refractivity contribution is -0.116. The number of amides is 1. The van der Waals surface area contributed by atoms with Crippen LogP contribution in [0.3, 0.4) is 0 Å². The highest BCUT2D eigenvalue weighted by Gasteiger charge is 2.29. The molecule has 0 bridgehead atoms. The van der Waals surface area contributed by atoms with Crippen LogP contribution in [0.25, 0.3) is 16.2 Å². The van der Waals surface area contributed by atoms with Crippen LogP contribution in [0.5, 0.6) is 5.75 Å². The average Bonchev–Trinajstić information content (AvgIpc) is 3.36. The maximum atomic E-state index is 12.5. The lowest BCUT2D eigenvalue weighted by Gasteiger charge is -2.40. The van der Waals surface area contributed by atoms with E-state index in [1.807, 2.05) is 30.3 Å². The number of hydrogen-bond donors (Lipinski definition) is 1. The molecule has 2 heterocycles. The molecular weight excluding hydrogens is 468 g/mol. The largest absolute Gasteiger partial charge is 0.496 e. The summed E-state index contributed by atoms with van der Waals surface area (Å²) in [5.74, 6) is 3.08. The van der Waals surface area contributed by atoms with Crippen LogP contribution >= 0.6 is 11.5 Å². The molecule has 0 unspecified atom stereocenters. The number of anilines is 1. The number of aromatic nitrogens is 1. The molecule has 2 aromatic carbocycles. The van der Waals surface area contributed by atoms with Gasteiger partial charge in [0.25, 0.3) is 0 Å². The van der Waals surface area contributed by atoms with Crippen molar-refractivity contribution in [1.29, 1.82) is 0 Å². The summed E-state index contributed by atoms with van der Waals surface area (Å²) in [5.41, 5.74) is 0.912. The van der Waals surface area contributed by atoms with Crippen molar-refractivity contribution in [1.82, 2.24) is 14.6 Å². The van der Waals surface area contributed by atoms with Crippen LogP contribution in [0.4, 0.5) is 5.82 Å². The van der Waals surface area contributed by atoms with Gasteiger partial charge in [-0.1, -0.05) is 43.2 Å². The highest BCUT2D eigenvalue weighted by atomic mass is 32.1. The highest BCUT2D eigenvalue weighted by Crippen LogP contribution is 2.32. The van der Waals surface area contributed by atoms with Crippen LogP contribution < -0.4 is 15.0 Å². The minimum atomic E-state index is -0.0330. The van der Waals surface area contributed by atoms with E-state index in [9.17, 15) is 4.79 Å². The average molecular weight is 505 g/mol. The number of carbonyl (C=O) groups is 1. The minimum Gasteiger partial charge on any atom is -0.496 e. The molecule has 1 saturated heterocycles. The molecule has 2 atom stereocenters. The van der Waals surface area contributed by atoms with Crippen LogP contribution in [0.2, 0.25) is 0 Å². The van der Waals surface area contributed by atoms with Gasteiger partial charge in [0.15, 0.2) is 0 Å². The first-order chi connectivity index (χ1) is 17.7. The molecule has 1 aliphatic heterocycles. The van der Waals surface area contributed by atoms with E-state index in [-0.39, 0.29) is 5.91 Å². The molecule has 1 aliphatic carbocycles. The summed E-state index contributed by atoms with van der Waals surface area (Å²) < 4.78 is 11.4. The Bertz CT molecular complexity index is 1180. The summed E-state index contributed by atoms with van der Waals surface area (Å²) in [6, 6.07) is 16.3. The third-order valence-corrected chi connectivity index (χ3v) is 8.50. The Kier molecular flexibility index (Phi) is 8.18. The number of piperazine rings is 1. The van der Waals surface area contributed by atoms with Gasteiger partial charge in [-0.2, -0.15) is 4.37 Å². The Labute approximate surface area is 218 Å². The standard InChI is InChI=1S/C29H36N4O2S/c1-35-26-12-6-4-8-22(26)14-15-28(34)30-20-23-9-2-3-10-24(23)21-32-16-18-33(19-17-32)29-25-11-5-7-13-27(25)36-31-29/h4-8,11-15,23-24H,2-3,9-10,16-21H2,1H3,(H,30,34)/b15-14+/t23-,24+/m1/s1. The lowest BCUT2D eigenvalue weighted by atomic mass is 9.78. The van der Waals surface area contributed by atoms with Crippen molar-refractivity contribution in [2.24, 2.45) is 11.8 Å².